The Morgan fingerprint density at radius 3 is 2.40 bits per heavy atom. The van der Waals surface area contributed by atoms with Gasteiger partial charge in [0, 0.05) is 15.4 Å². The highest BCUT2D eigenvalue weighted by Gasteiger charge is 2.16. The normalized spacial score (nSPS) is 10.3. The van der Waals surface area contributed by atoms with Gasteiger partial charge >= 0.3 is 5.97 Å². The number of benzene rings is 2. The van der Waals surface area contributed by atoms with E-state index in [1.165, 1.54) is 12.1 Å². The molecule has 0 aliphatic heterocycles. The first-order valence-electron chi connectivity index (χ1n) is 5.48. The van der Waals surface area contributed by atoms with Crippen LogP contribution in [0, 0.1) is 0 Å². The second-order valence-electron chi connectivity index (χ2n) is 3.79. The van der Waals surface area contributed by atoms with Gasteiger partial charge in [-0.1, -0.05) is 47.1 Å². The van der Waals surface area contributed by atoms with Gasteiger partial charge in [-0.2, -0.15) is 0 Å². The fraction of sp³-hybridized carbons (Fsp3) is 0. The Morgan fingerprint density at radius 1 is 1.10 bits per heavy atom. The lowest BCUT2D eigenvalue weighted by molar-refractivity contribution is 0.0693. The summed E-state index contributed by atoms with van der Waals surface area (Å²) in [6.07, 6.45) is 0.611. The van der Waals surface area contributed by atoms with Crippen LogP contribution in [0.4, 0.5) is 0 Å². The van der Waals surface area contributed by atoms with E-state index in [4.69, 9.17) is 28.3 Å². The summed E-state index contributed by atoms with van der Waals surface area (Å²) in [5, 5.41) is 9.78. The minimum atomic E-state index is -1.04. The zero-order chi connectivity index (χ0) is 14.7. The Bertz CT molecular complexity index is 686. The van der Waals surface area contributed by atoms with Crippen molar-refractivity contribution >= 4 is 47.2 Å². The molecule has 0 unspecified atom stereocenters. The van der Waals surface area contributed by atoms with Gasteiger partial charge < -0.3 is 5.11 Å². The van der Waals surface area contributed by atoms with Crippen molar-refractivity contribution in [3.63, 3.8) is 0 Å². The molecule has 0 spiro atoms. The fourth-order valence-corrected chi connectivity index (χ4v) is 3.21. The topological polar surface area (TPSA) is 54.4 Å². The summed E-state index contributed by atoms with van der Waals surface area (Å²) in [5.74, 6) is -1.04. The van der Waals surface area contributed by atoms with Gasteiger partial charge in [0.25, 0.3) is 0 Å². The number of carboxylic acids is 1. The summed E-state index contributed by atoms with van der Waals surface area (Å²) in [6.45, 7) is 0. The maximum atomic E-state index is 11.2. The van der Waals surface area contributed by atoms with Crippen LogP contribution in [0.2, 0.25) is 10.0 Å². The summed E-state index contributed by atoms with van der Waals surface area (Å²) in [6, 6.07) is 9.59. The van der Waals surface area contributed by atoms with E-state index < -0.39 is 5.97 Å². The first-order chi connectivity index (χ1) is 9.54. The highest BCUT2D eigenvalue weighted by molar-refractivity contribution is 7.99. The summed E-state index contributed by atoms with van der Waals surface area (Å²) >= 11 is 13.1. The molecule has 0 aliphatic carbocycles. The third kappa shape index (κ3) is 2.98. The maximum Gasteiger partial charge on any atom is 0.336 e. The predicted molar refractivity (Wildman–Crippen MR) is 79.4 cm³/mol. The number of hydrogen-bond donors (Lipinski definition) is 1. The van der Waals surface area contributed by atoms with Crippen molar-refractivity contribution in [3.8, 4) is 0 Å². The molecule has 0 aromatic heterocycles. The summed E-state index contributed by atoms with van der Waals surface area (Å²) in [7, 11) is 0. The average Bonchev–Trinajstić information content (AvgIpc) is 2.43. The number of carboxylic acid groups (broad SMARTS) is 1. The molecule has 2 aromatic rings. The lowest BCUT2D eigenvalue weighted by Gasteiger charge is -2.10. The van der Waals surface area contributed by atoms with Gasteiger partial charge in [0.2, 0.25) is 0 Å². The van der Waals surface area contributed by atoms with Crippen molar-refractivity contribution in [2.75, 3.05) is 0 Å². The van der Waals surface area contributed by atoms with Crippen LogP contribution in [0.1, 0.15) is 20.7 Å². The van der Waals surface area contributed by atoms with E-state index >= 15 is 0 Å². The zero-order valence-electron chi connectivity index (χ0n) is 9.97. The fourth-order valence-electron chi connectivity index (χ4n) is 1.60. The molecule has 2 aromatic carbocycles. The van der Waals surface area contributed by atoms with E-state index in [0.717, 1.165) is 11.8 Å². The van der Waals surface area contributed by atoms with E-state index in [1.54, 1.807) is 24.3 Å². The molecule has 0 aliphatic rings. The largest absolute Gasteiger partial charge is 0.478 e. The summed E-state index contributed by atoms with van der Waals surface area (Å²) in [5.41, 5.74) is 0.398. The Labute approximate surface area is 129 Å². The Kier molecular flexibility index (Phi) is 4.70. The average molecular weight is 327 g/mol. The van der Waals surface area contributed by atoms with E-state index in [0.29, 0.717) is 21.1 Å². The van der Waals surface area contributed by atoms with Crippen LogP contribution < -0.4 is 0 Å². The van der Waals surface area contributed by atoms with Gasteiger partial charge in [-0.3, -0.25) is 4.79 Å². The van der Waals surface area contributed by atoms with Crippen molar-refractivity contribution in [3.05, 3.63) is 57.6 Å². The van der Waals surface area contributed by atoms with Crippen LogP contribution in [0.25, 0.3) is 0 Å². The number of aromatic carboxylic acids is 1. The van der Waals surface area contributed by atoms with Crippen molar-refractivity contribution in [2.24, 2.45) is 0 Å². The maximum absolute atomic E-state index is 11.2. The Morgan fingerprint density at radius 2 is 1.75 bits per heavy atom. The molecule has 3 nitrogen and oxygen atoms in total. The molecular formula is C14H8Cl2O3S. The molecule has 20 heavy (non-hydrogen) atoms. The van der Waals surface area contributed by atoms with Crippen LogP contribution >= 0.6 is 35.0 Å². The Balaban J connectivity index is 2.53. The number of halogens is 2. The molecule has 0 saturated heterocycles. The first-order valence-corrected chi connectivity index (χ1v) is 7.05. The van der Waals surface area contributed by atoms with Crippen LogP contribution in [0.3, 0.4) is 0 Å². The van der Waals surface area contributed by atoms with Crippen LogP contribution in [-0.2, 0) is 0 Å². The van der Waals surface area contributed by atoms with Gasteiger partial charge in [-0.05, 0) is 24.3 Å². The molecule has 0 heterocycles. The summed E-state index contributed by atoms with van der Waals surface area (Å²) < 4.78 is 0. The molecule has 0 bridgehead atoms. The van der Waals surface area contributed by atoms with E-state index in [2.05, 4.69) is 0 Å². The molecule has 0 radical (unpaired) electrons. The highest BCUT2D eigenvalue weighted by Crippen LogP contribution is 2.39. The second-order valence-corrected chi connectivity index (χ2v) is 5.66. The molecule has 0 atom stereocenters. The number of rotatable bonds is 4. The van der Waals surface area contributed by atoms with Gasteiger partial charge in [0.05, 0.1) is 15.6 Å². The predicted octanol–water partition coefficient (Wildman–Crippen LogP) is 4.66. The second kappa shape index (κ2) is 6.31. The number of carbonyl (C=O) groups excluding carboxylic acids is 1. The molecule has 0 fully saturated rings. The van der Waals surface area contributed by atoms with Crippen molar-refractivity contribution < 1.29 is 14.7 Å². The zero-order valence-corrected chi connectivity index (χ0v) is 12.3. The van der Waals surface area contributed by atoms with Crippen molar-refractivity contribution in [2.45, 2.75) is 9.79 Å². The van der Waals surface area contributed by atoms with Crippen molar-refractivity contribution in [1.82, 2.24) is 0 Å². The molecular weight excluding hydrogens is 319 g/mol. The quantitative estimate of drug-likeness (QED) is 0.830. The first kappa shape index (κ1) is 14.9. The SMILES string of the molecule is O=Cc1c(Cl)ccc(Cl)c1Sc1ccccc1C(=O)O. The minimum absolute atomic E-state index is 0.144. The molecule has 2 rings (SSSR count). The summed E-state index contributed by atoms with van der Waals surface area (Å²) in [4.78, 5) is 23.3. The standard InChI is InChI=1S/C14H8Cl2O3S/c15-10-5-6-11(16)13(9(10)7-17)20-12-4-2-1-3-8(12)14(18)19/h1-7H,(H,18,19). The van der Waals surface area contributed by atoms with Gasteiger partial charge in [-0.25, -0.2) is 4.79 Å². The molecule has 6 heteroatoms. The highest BCUT2D eigenvalue weighted by atomic mass is 35.5. The lowest BCUT2D eigenvalue weighted by atomic mass is 10.2. The smallest absolute Gasteiger partial charge is 0.336 e. The molecule has 0 saturated carbocycles. The van der Waals surface area contributed by atoms with Gasteiger partial charge in [0.1, 0.15) is 0 Å². The van der Waals surface area contributed by atoms with E-state index in [9.17, 15) is 9.59 Å². The van der Waals surface area contributed by atoms with Crippen LogP contribution in [0.5, 0.6) is 0 Å². The van der Waals surface area contributed by atoms with Crippen LogP contribution in [-0.4, -0.2) is 17.4 Å². The van der Waals surface area contributed by atoms with Gasteiger partial charge in [-0.15, -0.1) is 0 Å². The molecule has 0 amide bonds. The van der Waals surface area contributed by atoms with E-state index in [1.807, 2.05) is 0 Å². The van der Waals surface area contributed by atoms with Crippen molar-refractivity contribution in [1.29, 1.82) is 0 Å². The van der Waals surface area contributed by atoms with Gasteiger partial charge in [0.15, 0.2) is 6.29 Å². The van der Waals surface area contributed by atoms with E-state index in [-0.39, 0.29) is 16.1 Å². The monoisotopic (exact) mass is 326 g/mol. The third-order valence-corrected chi connectivity index (χ3v) is 4.52. The number of hydrogen-bond acceptors (Lipinski definition) is 3. The minimum Gasteiger partial charge on any atom is -0.478 e. The molecule has 102 valence electrons. The number of carbonyl (C=O) groups is 2. The van der Waals surface area contributed by atoms with Crippen LogP contribution in [0.15, 0.2) is 46.2 Å². The molecule has 1 N–H and O–H groups in total. The third-order valence-electron chi connectivity index (χ3n) is 2.54. The lowest BCUT2D eigenvalue weighted by Crippen LogP contribution is -1.98. The Hall–Kier alpha value is -1.49. The number of aldehydes is 1.